The molecule has 0 amide bonds. The fourth-order valence-electron chi connectivity index (χ4n) is 1.81. The molecule has 0 bridgehead atoms. The zero-order valence-electron chi connectivity index (χ0n) is 8.01. The molecule has 0 spiro atoms. The standard InChI is InChI=1S/C9H17NO3/c1-10-9(7-8(11)12)3-2-5-13-6-4-9/h10H,2-7H2,1H3,(H,11,12). The van der Waals surface area contributed by atoms with Crippen molar-refractivity contribution < 1.29 is 14.6 Å². The molecule has 1 rings (SSSR count). The van der Waals surface area contributed by atoms with Gasteiger partial charge in [0.25, 0.3) is 0 Å². The SMILES string of the molecule is CNC1(CC(=O)O)CCCOCC1. The number of aliphatic carboxylic acids is 1. The summed E-state index contributed by atoms with van der Waals surface area (Å²) in [5.74, 6) is -0.740. The van der Waals surface area contributed by atoms with Crippen LogP contribution in [0.1, 0.15) is 25.7 Å². The monoisotopic (exact) mass is 187 g/mol. The first kappa shape index (κ1) is 10.5. The summed E-state index contributed by atoms with van der Waals surface area (Å²) in [7, 11) is 1.83. The van der Waals surface area contributed by atoms with Crippen LogP contribution in [0.3, 0.4) is 0 Å². The van der Waals surface area contributed by atoms with Crippen molar-refractivity contribution in [3.8, 4) is 0 Å². The Hall–Kier alpha value is -0.610. The highest BCUT2D eigenvalue weighted by Gasteiger charge is 2.31. The maximum Gasteiger partial charge on any atom is 0.305 e. The molecule has 0 aromatic heterocycles. The number of carboxylic acids is 1. The number of carbonyl (C=O) groups is 1. The summed E-state index contributed by atoms with van der Waals surface area (Å²) in [6.45, 7) is 1.41. The van der Waals surface area contributed by atoms with Crippen LogP contribution in [0.5, 0.6) is 0 Å². The van der Waals surface area contributed by atoms with Crippen molar-refractivity contribution in [1.82, 2.24) is 5.32 Å². The molecular formula is C9H17NO3. The smallest absolute Gasteiger partial charge is 0.305 e. The molecule has 2 N–H and O–H groups in total. The Morgan fingerprint density at radius 2 is 2.31 bits per heavy atom. The van der Waals surface area contributed by atoms with Crippen LogP contribution in [0.15, 0.2) is 0 Å². The molecule has 1 aliphatic heterocycles. The van der Waals surface area contributed by atoms with Crippen molar-refractivity contribution in [2.24, 2.45) is 0 Å². The van der Waals surface area contributed by atoms with Gasteiger partial charge in [0.05, 0.1) is 6.42 Å². The van der Waals surface area contributed by atoms with Crippen LogP contribution in [0.2, 0.25) is 0 Å². The number of hydrogen-bond acceptors (Lipinski definition) is 3. The first-order valence-electron chi connectivity index (χ1n) is 4.67. The normalized spacial score (nSPS) is 29.6. The minimum atomic E-state index is -0.740. The van der Waals surface area contributed by atoms with Gasteiger partial charge in [0.2, 0.25) is 0 Å². The van der Waals surface area contributed by atoms with Crippen molar-refractivity contribution in [2.45, 2.75) is 31.2 Å². The van der Waals surface area contributed by atoms with E-state index in [0.29, 0.717) is 6.61 Å². The van der Waals surface area contributed by atoms with Gasteiger partial charge in [0.15, 0.2) is 0 Å². The highest BCUT2D eigenvalue weighted by atomic mass is 16.5. The van der Waals surface area contributed by atoms with Gasteiger partial charge in [-0.25, -0.2) is 0 Å². The van der Waals surface area contributed by atoms with Crippen LogP contribution in [0, 0.1) is 0 Å². The van der Waals surface area contributed by atoms with Gasteiger partial charge in [-0.1, -0.05) is 0 Å². The molecule has 76 valence electrons. The van der Waals surface area contributed by atoms with Crippen LogP contribution in [-0.2, 0) is 9.53 Å². The third-order valence-electron chi connectivity index (χ3n) is 2.69. The Kier molecular flexibility index (Phi) is 3.69. The molecule has 1 saturated heterocycles. The fourth-order valence-corrected chi connectivity index (χ4v) is 1.81. The molecule has 0 aromatic rings. The molecule has 0 aliphatic carbocycles. The van der Waals surface area contributed by atoms with Crippen molar-refractivity contribution in [3.05, 3.63) is 0 Å². The van der Waals surface area contributed by atoms with E-state index in [4.69, 9.17) is 9.84 Å². The van der Waals surface area contributed by atoms with Gasteiger partial charge in [-0.3, -0.25) is 4.79 Å². The summed E-state index contributed by atoms with van der Waals surface area (Å²) in [5, 5.41) is 11.9. The zero-order valence-corrected chi connectivity index (χ0v) is 8.01. The minimum absolute atomic E-state index is 0.187. The molecule has 1 aliphatic rings. The summed E-state index contributed by atoms with van der Waals surface area (Å²) in [6.07, 6.45) is 2.80. The molecule has 1 heterocycles. The number of ether oxygens (including phenoxy) is 1. The van der Waals surface area contributed by atoms with E-state index in [2.05, 4.69) is 5.32 Å². The fraction of sp³-hybridized carbons (Fsp3) is 0.889. The lowest BCUT2D eigenvalue weighted by atomic mass is 9.87. The Morgan fingerprint density at radius 1 is 1.54 bits per heavy atom. The highest BCUT2D eigenvalue weighted by Crippen LogP contribution is 2.24. The summed E-state index contributed by atoms with van der Waals surface area (Å²) < 4.78 is 5.30. The molecule has 1 unspecified atom stereocenters. The van der Waals surface area contributed by atoms with Crippen molar-refractivity contribution in [2.75, 3.05) is 20.3 Å². The number of rotatable bonds is 3. The highest BCUT2D eigenvalue weighted by molar-refractivity contribution is 5.68. The lowest BCUT2D eigenvalue weighted by Crippen LogP contribution is -2.45. The molecule has 0 saturated carbocycles. The number of nitrogens with one attached hydrogen (secondary N) is 1. The molecule has 13 heavy (non-hydrogen) atoms. The Labute approximate surface area is 78.3 Å². The maximum atomic E-state index is 10.7. The van der Waals surface area contributed by atoms with Gasteiger partial charge in [-0.05, 0) is 26.3 Å². The van der Waals surface area contributed by atoms with Gasteiger partial charge < -0.3 is 15.2 Å². The second kappa shape index (κ2) is 4.58. The van der Waals surface area contributed by atoms with E-state index in [9.17, 15) is 4.79 Å². The Morgan fingerprint density at radius 3 is 2.92 bits per heavy atom. The largest absolute Gasteiger partial charge is 0.481 e. The van der Waals surface area contributed by atoms with Crippen LogP contribution >= 0.6 is 0 Å². The molecule has 1 atom stereocenters. The van der Waals surface area contributed by atoms with E-state index in [-0.39, 0.29) is 12.0 Å². The molecule has 0 radical (unpaired) electrons. The van der Waals surface area contributed by atoms with E-state index in [1.54, 1.807) is 0 Å². The third-order valence-corrected chi connectivity index (χ3v) is 2.69. The minimum Gasteiger partial charge on any atom is -0.481 e. The van der Waals surface area contributed by atoms with Crippen LogP contribution in [-0.4, -0.2) is 36.9 Å². The van der Waals surface area contributed by atoms with Gasteiger partial charge >= 0.3 is 5.97 Å². The second-order valence-corrected chi connectivity index (χ2v) is 3.57. The van der Waals surface area contributed by atoms with Gasteiger partial charge in [-0.15, -0.1) is 0 Å². The quantitative estimate of drug-likeness (QED) is 0.680. The van der Waals surface area contributed by atoms with Crippen LogP contribution < -0.4 is 5.32 Å². The average Bonchev–Trinajstić information content (AvgIpc) is 2.30. The summed E-state index contributed by atoms with van der Waals surface area (Å²) in [6, 6.07) is 0. The first-order valence-corrected chi connectivity index (χ1v) is 4.67. The lowest BCUT2D eigenvalue weighted by molar-refractivity contribution is -0.138. The number of hydrogen-bond donors (Lipinski definition) is 2. The van der Waals surface area contributed by atoms with E-state index in [0.717, 1.165) is 25.9 Å². The lowest BCUT2D eigenvalue weighted by Gasteiger charge is -2.30. The summed E-state index contributed by atoms with van der Waals surface area (Å²) in [5.41, 5.74) is -0.248. The predicted octanol–water partition coefficient (Wildman–Crippen LogP) is 0.620. The summed E-state index contributed by atoms with van der Waals surface area (Å²) >= 11 is 0. The topological polar surface area (TPSA) is 58.6 Å². The van der Waals surface area contributed by atoms with Gasteiger partial charge in [0, 0.05) is 18.8 Å². The molecule has 0 aromatic carbocycles. The molecule has 4 heteroatoms. The van der Waals surface area contributed by atoms with Crippen molar-refractivity contribution in [3.63, 3.8) is 0 Å². The average molecular weight is 187 g/mol. The maximum absolute atomic E-state index is 10.7. The Balaban J connectivity index is 2.58. The van der Waals surface area contributed by atoms with Crippen LogP contribution in [0.25, 0.3) is 0 Å². The van der Waals surface area contributed by atoms with E-state index >= 15 is 0 Å². The third kappa shape index (κ3) is 2.97. The van der Waals surface area contributed by atoms with E-state index in [1.807, 2.05) is 7.05 Å². The van der Waals surface area contributed by atoms with E-state index < -0.39 is 5.97 Å². The summed E-state index contributed by atoms with van der Waals surface area (Å²) in [4.78, 5) is 10.7. The Bertz CT molecular complexity index is 174. The van der Waals surface area contributed by atoms with Crippen molar-refractivity contribution >= 4 is 5.97 Å². The predicted molar refractivity (Wildman–Crippen MR) is 48.7 cm³/mol. The zero-order chi connectivity index (χ0) is 9.73. The molecular weight excluding hydrogens is 170 g/mol. The van der Waals surface area contributed by atoms with Gasteiger partial charge in [-0.2, -0.15) is 0 Å². The van der Waals surface area contributed by atoms with Gasteiger partial charge in [0.1, 0.15) is 0 Å². The first-order chi connectivity index (χ1) is 6.18. The van der Waals surface area contributed by atoms with E-state index in [1.165, 1.54) is 0 Å². The molecule has 4 nitrogen and oxygen atoms in total. The van der Waals surface area contributed by atoms with Crippen LogP contribution in [0.4, 0.5) is 0 Å². The molecule has 1 fully saturated rings. The number of carboxylic acid groups (broad SMARTS) is 1. The van der Waals surface area contributed by atoms with Crippen molar-refractivity contribution in [1.29, 1.82) is 0 Å². The second-order valence-electron chi connectivity index (χ2n) is 3.57.